The fourth-order valence-electron chi connectivity index (χ4n) is 2.96. The van der Waals surface area contributed by atoms with Crippen LogP contribution in [-0.2, 0) is 4.74 Å². The van der Waals surface area contributed by atoms with Crippen LogP contribution in [0.25, 0.3) is 0 Å². The maximum absolute atomic E-state index is 12.2. The molecule has 1 aliphatic carbocycles. The van der Waals surface area contributed by atoms with Crippen LogP contribution in [0.3, 0.4) is 0 Å². The van der Waals surface area contributed by atoms with Crippen LogP contribution in [0.4, 0.5) is 16.2 Å². The van der Waals surface area contributed by atoms with E-state index < -0.39 is 6.03 Å². The number of carbonyl (C=O) groups is 2. The molecule has 2 aromatic rings. The Morgan fingerprint density at radius 1 is 0.852 bits per heavy atom. The summed E-state index contributed by atoms with van der Waals surface area (Å²) in [6.07, 6.45) is 5.30. The molecule has 1 aliphatic rings. The number of hydrogen-bond donors (Lipinski definition) is 2. The van der Waals surface area contributed by atoms with E-state index in [9.17, 15) is 9.59 Å². The van der Waals surface area contributed by atoms with Gasteiger partial charge in [-0.15, -0.1) is 0 Å². The average Bonchev–Trinajstić information content (AvgIpc) is 2.66. The summed E-state index contributed by atoms with van der Waals surface area (Å²) in [6.45, 7) is 0. The zero-order valence-corrected chi connectivity index (χ0v) is 16.1. The first-order valence-electron chi connectivity index (χ1n) is 8.85. The predicted octanol–water partition coefficient (Wildman–Crippen LogP) is 6.13. The van der Waals surface area contributed by atoms with Gasteiger partial charge in [0, 0.05) is 11.4 Å². The Bertz CT molecular complexity index is 818. The Balaban J connectivity index is 1.54. The molecule has 27 heavy (non-hydrogen) atoms. The molecule has 1 saturated carbocycles. The highest BCUT2D eigenvalue weighted by Gasteiger charge is 2.18. The van der Waals surface area contributed by atoms with Crippen molar-refractivity contribution in [2.45, 2.75) is 38.2 Å². The molecule has 2 aromatic carbocycles. The number of anilines is 2. The molecule has 1 fully saturated rings. The summed E-state index contributed by atoms with van der Waals surface area (Å²) in [4.78, 5) is 24.3. The van der Waals surface area contributed by atoms with Crippen LogP contribution in [0, 0.1) is 0 Å². The molecule has 2 N–H and O–H groups in total. The third kappa shape index (κ3) is 5.62. The van der Waals surface area contributed by atoms with Crippen molar-refractivity contribution in [3.05, 3.63) is 58.1 Å². The van der Waals surface area contributed by atoms with Gasteiger partial charge in [-0.05, 0) is 68.1 Å². The van der Waals surface area contributed by atoms with E-state index in [0.717, 1.165) is 25.7 Å². The number of carbonyl (C=O) groups excluding carboxylic acids is 2. The minimum absolute atomic E-state index is 0.0148. The molecule has 5 nitrogen and oxygen atoms in total. The fraction of sp³-hybridized carbons (Fsp3) is 0.300. The van der Waals surface area contributed by atoms with Crippen molar-refractivity contribution < 1.29 is 14.3 Å². The summed E-state index contributed by atoms with van der Waals surface area (Å²) in [5.41, 5.74) is 1.55. The van der Waals surface area contributed by atoms with Crippen molar-refractivity contribution in [2.24, 2.45) is 0 Å². The fourth-order valence-corrected chi connectivity index (χ4v) is 3.26. The number of nitrogens with one attached hydrogen (secondary N) is 2. The van der Waals surface area contributed by atoms with E-state index in [1.165, 1.54) is 6.42 Å². The highest BCUT2D eigenvalue weighted by atomic mass is 35.5. The summed E-state index contributed by atoms with van der Waals surface area (Å²) in [6, 6.07) is 11.0. The van der Waals surface area contributed by atoms with E-state index in [4.69, 9.17) is 27.9 Å². The highest BCUT2D eigenvalue weighted by Crippen LogP contribution is 2.25. The van der Waals surface area contributed by atoms with Gasteiger partial charge in [0.25, 0.3) is 0 Å². The van der Waals surface area contributed by atoms with Crippen LogP contribution >= 0.6 is 23.2 Å². The molecule has 0 radical (unpaired) electrons. The minimum atomic E-state index is -0.425. The van der Waals surface area contributed by atoms with Crippen LogP contribution in [0.15, 0.2) is 42.5 Å². The first-order valence-corrected chi connectivity index (χ1v) is 9.61. The molecule has 0 aromatic heterocycles. The van der Waals surface area contributed by atoms with Gasteiger partial charge in [0.1, 0.15) is 6.10 Å². The lowest BCUT2D eigenvalue weighted by Crippen LogP contribution is -2.21. The number of amides is 2. The Hall–Kier alpha value is -2.24. The van der Waals surface area contributed by atoms with Crippen molar-refractivity contribution in [2.75, 3.05) is 10.6 Å². The second-order valence-corrected chi connectivity index (χ2v) is 7.27. The Morgan fingerprint density at radius 2 is 1.48 bits per heavy atom. The van der Waals surface area contributed by atoms with E-state index >= 15 is 0 Å². The van der Waals surface area contributed by atoms with E-state index in [-0.39, 0.29) is 12.1 Å². The van der Waals surface area contributed by atoms with Crippen LogP contribution in [-0.4, -0.2) is 18.1 Å². The molecule has 0 atom stereocenters. The molecule has 0 unspecified atom stereocenters. The topological polar surface area (TPSA) is 67.4 Å². The number of esters is 1. The number of rotatable bonds is 4. The molecule has 0 heterocycles. The molecular weight excluding hydrogens is 387 g/mol. The minimum Gasteiger partial charge on any atom is -0.459 e. The lowest BCUT2D eigenvalue weighted by Gasteiger charge is -2.21. The molecule has 7 heteroatoms. The number of benzene rings is 2. The van der Waals surface area contributed by atoms with E-state index in [1.54, 1.807) is 42.5 Å². The zero-order valence-electron chi connectivity index (χ0n) is 14.6. The first kappa shape index (κ1) is 19.5. The Morgan fingerprint density at radius 3 is 2.15 bits per heavy atom. The molecule has 0 saturated heterocycles. The second-order valence-electron chi connectivity index (χ2n) is 6.45. The van der Waals surface area contributed by atoms with Gasteiger partial charge in [-0.25, -0.2) is 9.59 Å². The van der Waals surface area contributed by atoms with Crippen molar-refractivity contribution in [3.63, 3.8) is 0 Å². The molecule has 2 amide bonds. The van der Waals surface area contributed by atoms with Crippen molar-refractivity contribution in [1.29, 1.82) is 0 Å². The van der Waals surface area contributed by atoms with Gasteiger partial charge in [-0.2, -0.15) is 0 Å². The number of hydrogen-bond acceptors (Lipinski definition) is 3. The maximum atomic E-state index is 12.2. The summed E-state index contributed by atoms with van der Waals surface area (Å²) in [5.74, 6) is -0.325. The smallest absolute Gasteiger partial charge is 0.338 e. The largest absolute Gasteiger partial charge is 0.459 e. The first-order chi connectivity index (χ1) is 13.0. The normalized spacial score (nSPS) is 14.4. The number of halogens is 2. The third-order valence-electron chi connectivity index (χ3n) is 4.38. The van der Waals surface area contributed by atoms with E-state index in [1.807, 2.05) is 0 Å². The lowest BCUT2D eigenvalue weighted by molar-refractivity contribution is 0.0211. The monoisotopic (exact) mass is 406 g/mol. The standard InChI is InChI=1S/C20H20Cl2N2O3/c21-17-11-10-15(12-18(17)22)24-20(26)23-14-8-6-13(7-9-14)19(25)27-16-4-2-1-3-5-16/h6-12,16H,1-5H2,(H2,23,24,26). The van der Waals surface area contributed by atoms with Crippen molar-refractivity contribution in [3.8, 4) is 0 Å². The Labute approximate surface area is 168 Å². The molecule has 0 bridgehead atoms. The van der Waals surface area contributed by atoms with Gasteiger partial charge in [-0.1, -0.05) is 29.6 Å². The van der Waals surface area contributed by atoms with E-state index in [2.05, 4.69) is 10.6 Å². The summed E-state index contributed by atoms with van der Waals surface area (Å²) in [5, 5.41) is 6.13. The van der Waals surface area contributed by atoms with Gasteiger partial charge < -0.3 is 15.4 Å². The van der Waals surface area contributed by atoms with Crippen molar-refractivity contribution in [1.82, 2.24) is 0 Å². The molecular formula is C20H20Cl2N2O3. The van der Waals surface area contributed by atoms with Crippen LogP contribution in [0.1, 0.15) is 42.5 Å². The zero-order chi connectivity index (χ0) is 19.2. The van der Waals surface area contributed by atoms with Gasteiger partial charge in [-0.3, -0.25) is 0 Å². The van der Waals surface area contributed by atoms with Crippen LogP contribution in [0.2, 0.25) is 10.0 Å². The number of ether oxygens (including phenoxy) is 1. The van der Waals surface area contributed by atoms with Crippen LogP contribution < -0.4 is 10.6 Å². The number of urea groups is 1. The highest BCUT2D eigenvalue weighted by molar-refractivity contribution is 6.42. The second kappa shape index (κ2) is 9.11. The molecule has 3 rings (SSSR count). The van der Waals surface area contributed by atoms with Crippen LogP contribution in [0.5, 0.6) is 0 Å². The predicted molar refractivity (Wildman–Crippen MR) is 108 cm³/mol. The van der Waals surface area contributed by atoms with Gasteiger partial charge in [0.05, 0.1) is 15.6 Å². The quantitative estimate of drug-likeness (QED) is 0.600. The summed E-state index contributed by atoms with van der Waals surface area (Å²) in [7, 11) is 0. The SMILES string of the molecule is O=C(Nc1ccc(C(=O)OC2CCCCC2)cc1)Nc1ccc(Cl)c(Cl)c1. The molecule has 142 valence electrons. The van der Waals surface area contributed by atoms with Gasteiger partial charge >= 0.3 is 12.0 Å². The molecule has 0 aliphatic heterocycles. The van der Waals surface area contributed by atoms with Gasteiger partial charge in [0.15, 0.2) is 0 Å². The lowest BCUT2D eigenvalue weighted by atomic mass is 9.98. The van der Waals surface area contributed by atoms with Crippen molar-refractivity contribution >= 4 is 46.6 Å². The molecule has 0 spiro atoms. The summed E-state index contributed by atoms with van der Waals surface area (Å²) >= 11 is 11.8. The van der Waals surface area contributed by atoms with E-state index in [0.29, 0.717) is 27.0 Å². The summed E-state index contributed by atoms with van der Waals surface area (Å²) < 4.78 is 5.54. The average molecular weight is 407 g/mol. The van der Waals surface area contributed by atoms with Gasteiger partial charge in [0.2, 0.25) is 0 Å². The Kier molecular flexibility index (Phi) is 6.58. The maximum Gasteiger partial charge on any atom is 0.338 e. The third-order valence-corrected chi connectivity index (χ3v) is 5.12.